The van der Waals surface area contributed by atoms with Gasteiger partial charge >= 0.3 is 0 Å². The van der Waals surface area contributed by atoms with Crippen molar-refractivity contribution in [3.05, 3.63) is 119 Å². The van der Waals surface area contributed by atoms with Crippen LogP contribution in [0, 0.1) is 23.7 Å². The molecule has 0 aliphatic rings. The van der Waals surface area contributed by atoms with Gasteiger partial charge in [-0.15, -0.1) is 0 Å². The van der Waals surface area contributed by atoms with Gasteiger partial charge in [-0.05, 0) is 87.1 Å². The van der Waals surface area contributed by atoms with E-state index in [2.05, 4.69) is 80.9 Å². The summed E-state index contributed by atoms with van der Waals surface area (Å²) in [5.74, 6) is 15.3. The van der Waals surface area contributed by atoms with E-state index in [1.165, 1.54) is 5.56 Å². The molecule has 0 unspecified atom stereocenters. The van der Waals surface area contributed by atoms with Crippen LogP contribution in [0.2, 0.25) is 0 Å². The van der Waals surface area contributed by atoms with Crippen LogP contribution in [0.3, 0.4) is 0 Å². The van der Waals surface area contributed by atoms with Crippen molar-refractivity contribution in [1.82, 2.24) is 0 Å². The van der Waals surface area contributed by atoms with Crippen molar-refractivity contribution >= 4 is 21.5 Å². The average molecular weight is 583 g/mol. The van der Waals surface area contributed by atoms with Gasteiger partial charge in [-0.25, -0.2) is 0 Å². The zero-order valence-corrected chi connectivity index (χ0v) is 25.6. The number of fused-ring (bicyclic) bond motifs is 2. The lowest BCUT2D eigenvalue weighted by molar-refractivity contribution is 0.233. The molecule has 0 saturated heterocycles. The van der Waals surface area contributed by atoms with Gasteiger partial charge in [0, 0.05) is 48.3 Å². The van der Waals surface area contributed by atoms with E-state index in [4.69, 9.17) is 19.7 Å². The van der Waals surface area contributed by atoms with Gasteiger partial charge in [0.05, 0.1) is 13.2 Å². The second-order valence-electron chi connectivity index (χ2n) is 11.7. The van der Waals surface area contributed by atoms with E-state index in [0.29, 0.717) is 26.1 Å². The first kappa shape index (κ1) is 30.7. The van der Waals surface area contributed by atoms with Crippen LogP contribution in [0.5, 0.6) is 11.5 Å². The van der Waals surface area contributed by atoms with Crippen molar-refractivity contribution in [1.29, 1.82) is 0 Å². The Kier molecular flexibility index (Phi) is 9.88. The van der Waals surface area contributed by atoms with E-state index in [1.54, 1.807) is 0 Å². The van der Waals surface area contributed by atoms with Gasteiger partial charge in [0.25, 0.3) is 0 Å². The third kappa shape index (κ3) is 7.42. The Morgan fingerprint density at radius 1 is 0.545 bits per heavy atom. The number of hydrogen-bond acceptors (Lipinski definition) is 4. The van der Waals surface area contributed by atoms with Crippen LogP contribution in [0.4, 0.5) is 0 Å². The van der Waals surface area contributed by atoms with Gasteiger partial charge in [-0.3, -0.25) is 0 Å². The fraction of sp³-hybridized carbons (Fsp3) is 0.250. The zero-order chi connectivity index (χ0) is 30.9. The van der Waals surface area contributed by atoms with Gasteiger partial charge < -0.3 is 19.7 Å². The highest BCUT2D eigenvalue weighted by Gasteiger charge is 2.17. The molecule has 0 amide bonds. The minimum atomic E-state index is -0.0246. The molecule has 0 spiro atoms. The van der Waals surface area contributed by atoms with Gasteiger partial charge in [0.1, 0.15) is 11.5 Å². The SMILES string of the molecule is CC(C)(C)c1ccc2c(C#Cc3ccc(OCCCO)cc3)c3ccccc3c(C#Cc3ccc(OCCCO)cc3)c2c1. The predicted molar refractivity (Wildman–Crippen MR) is 179 cm³/mol. The highest BCUT2D eigenvalue weighted by molar-refractivity contribution is 6.10. The Bertz CT molecular complexity index is 1860. The molecular formula is C40H38O4. The second-order valence-corrected chi connectivity index (χ2v) is 11.7. The summed E-state index contributed by atoms with van der Waals surface area (Å²) in [6, 6.07) is 30.6. The van der Waals surface area contributed by atoms with Crippen molar-refractivity contribution in [3.63, 3.8) is 0 Å². The molecular weight excluding hydrogens is 544 g/mol. The summed E-state index contributed by atoms with van der Waals surface area (Å²) in [5, 5.41) is 22.3. The van der Waals surface area contributed by atoms with Crippen LogP contribution in [0.1, 0.15) is 61.4 Å². The summed E-state index contributed by atoms with van der Waals surface area (Å²) >= 11 is 0. The molecule has 0 saturated carbocycles. The average Bonchev–Trinajstić information content (AvgIpc) is 3.03. The maximum atomic E-state index is 9.00. The Morgan fingerprint density at radius 3 is 1.45 bits per heavy atom. The van der Waals surface area contributed by atoms with Crippen LogP contribution in [0.15, 0.2) is 91.0 Å². The van der Waals surface area contributed by atoms with E-state index in [0.717, 1.165) is 55.3 Å². The van der Waals surface area contributed by atoms with Gasteiger partial charge in [0.2, 0.25) is 0 Å². The van der Waals surface area contributed by atoms with Crippen molar-refractivity contribution in [2.24, 2.45) is 0 Å². The van der Waals surface area contributed by atoms with Gasteiger partial charge in [-0.1, -0.05) is 80.9 Å². The predicted octanol–water partition coefficient (Wildman–Crippen LogP) is 7.61. The Balaban J connectivity index is 1.60. The van der Waals surface area contributed by atoms with E-state index in [1.807, 2.05) is 54.6 Å². The molecule has 2 N–H and O–H groups in total. The molecule has 44 heavy (non-hydrogen) atoms. The first-order valence-electron chi connectivity index (χ1n) is 15.1. The first-order chi connectivity index (χ1) is 21.4. The lowest BCUT2D eigenvalue weighted by Gasteiger charge is -2.21. The monoisotopic (exact) mass is 582 g/mol. The lowest BCUT2D eigenvalue weighted by atomic mass is 9.83. The van der Waals surface area contributed by atoms with Crippen LogP contribution in [-0.4, -0.2) is 36.6 Å². The molecule has 4 heteroatoms. The number of rotatable bonds is 8. The van der Waals surface area contributed by atoms with Gasteiger partial charge in [-0.2, -0.15) is 0 Å². The molecule has 222 valence electrons. The Morgan fingerprint density at radius 2 is 1.00 bits per heavy atom. The van der Waals surface area contributed by atoms with E-state index >= 15 is 0 Å². The molecule has 4 nitrogen and oxygen atoms in total. The second kappa shape index (κ2) is 14.2. The molecule has 5 rings (SSSR count). The summed E-state index contributed by atoms with van der Waals surface area (Å²) in [6.07, 6.45) is 1.21. The lowest BCUT2D eigenvalue weighted by Crippen LogP contribution is -2.10. The van der Waals surface area contributed by atoms with Crippen LogP contribution in [0.25, 0.3) is 21.5 Å². The summed E-state index contributed by atoms with van der Waals surface area (Å²) in [6.45, 7) is 7.87. The minimum absolute atomic E-state index is 0.0246. The zero-order valence-electron chi connectivity index (χ0n) is 25.6. The first-order valence-corrected chi connectivity index (χ1v) is 15.1. The van der Waals surface area contributed by atoms with E-state index < -0.39 is 0 Å². The number of aliphatic hydroxyl groups excluding tert-OH is 2. The third-order valence-corrected chi connectivity index (χ3v) is 7.40. The topological polar surface area (TPSA) is 58.9 Å². The molecule has 0 atom stereocenters. The fourth-order valence-electron chi connectivity index (χ4n) is 4.96. The molecule has 5 aromatic rings. The Labute approximate surface area is 260 Å². The van der Waals surface area contributed by atoms with Crippen LogP contribution >= 0.6 is 0 Å². The summed E-state index contributed by atoms with van der Waals surface area (Å²) in [5.41, 5.74) is 4.98. The summed E-state index contributed by atoms with van der Waals surface area (Å²) < 4.78 is 11.4. The molecule has 5 aromatic carbocycles. The van der Waals surface area contributed by atoms with Crippen molar-refractivity contribution in [3.8, 4) is 35.2 Å². The highest BCUT2D eigenvalue weighted by atomic mass is 16.5. The number of hydrogen-bond donors (Lipinski definition) is 2. The van der Waals surface area contributed by atoms with Crippen LogP contribution in [-0.2, 0) is 5.41 Å². The van der Waals surface area contributed by atoms with Crippen molar-refractivity contribution in [2.45, 2.75) is 39.0 Å². The molecule has 0 heterocycles. The van der Waals surface area contributed by atoms with Gasteiger partial charge in [0.15, 0.2) is 0 Å². The third-order valence-electron chi connectivity index (χ3n) is 7.40. The normalized spacial score (nSPS) is 11.0. The maximum absolute atomic E-state index is 9.00. The molecule has 0 radical (unpaired) electrons. The van der Waals surface area contributed by atoms with Crippen LogP contribution < -0.4 is 9.47 Å². The van der Waals surface area contributed by atoms with Crippen molar-refractivity contribution in [2.75, 3.05) is 26.4 Å². The number of aliphatic hydroxyl groups is 2. The Hall–Kier alpha value is -4.74. The quantitative estimate of drug-likeness (QED) is 0.112. The van der Waals surface area contributed by atoms with E-state index in [-0.39, 0.29) is 18.6 Å². The molecule has 0 bridgehead atoms. The number of ether oxygens (including phenoxy) is 2. The summed E-state index contributed by atoms with van der Waals surface area (Å²) in [7, 11) is 0. The fourth-order valence-corrected chi connectivity index (χ4v) is 4.96. The van der Waals surface area contributed by atoms with Crippen molar-refractivity contribution < 1.29 is 19.7 Å². The minimum Gasteiger partial charge on any atom is -0.494 e. The standard InChI is InChI=1S/C40H38O4/c1-40(2,3)31-16-23-38-36(21-14-29-10-17-32(18-11-29)43-26-6-24-41)34-8-4-5-9-35(34)37(39(38)28-31)22-15-30-12-19-33(20-13-30)44-27-7-25-42/h4-5,8-13,16-20,23,28,41-42H,6-7,24-27H2,1-3H3. The van der Waals surface area contributed by atoms with E-state index in [9.17, 15) is 0 Å². The smallest absolute Gasteiger partial charge is 0.119 e. The molecule has 0 fully saturated rings. The number of benzene rings is 5. The highest BCUT2D eigenvalue weighted by Crippen LogP contribution is 2.35. The summed E-state index contributed by atoms with van der Waals surface area (Å²) in [4.78, 5) is 0. The molecule has 0 aromatic heterocycles. The largest absolute Gasteiger partial charge is 0.494 e. The molecule has 0 aliphatic carbocycles. The molecule has 0 aliphatic heterocycles. The maximum Gasteiger partial charge on any atom is 0.119 e.